The number of hydrogen-bond donors (Lipinski definition) is 2. The number of halogens is 1. The Balaban J connectivity index is 1.48. The van der Waals surface area contributed by atoms with Gasteiger partial charge in [0.2, 0.25) is 0 Å². The van der Waals surface area contributed by atoms with Crippen LogP contribution in [0.15, 0.2) is 36.8 Å². The van der Waals surface area contributed by atoms with Gasteiger partial charge in [0.05, 0.1) is 37.2 Å². The van der Waals surface area contributed by atoms with Crippen LogP contribution in [-0.4, -0.2) is 62.5 Å². The normalized spacial score (nSPS) is 20.8. The van der Waals surface area contributed by atoms with Crippen molar-refractivity contribution in [2.45, 2.75) is 31.1 Å². The quantitative estimate of drug-likeness (QED) is 0.500. The number of anilines is 1. The molecule has 164 valence electrons. The van der Waals surface area contributed by atoms with Crippen LogP contribution in [0, 0.1) is 0 Å². The van der Waals surface area contributed by atoms with E-state index in [1.165, 1.54) is 6.20 Å². The molecule has 2 aliphatic rings. The number of nitrogens with one attached hydrogen (secondary N) is 2. The molecule has 32 heavy (non-hydrogen) atoms. The molecule has 1 aliphatic carbocycles. The first kappa shape index (κ1) is 19.2. The van der Waals surface area contributed by atoms with Crippen molar-refractivity contribution < 1.29 is 13.9 Å². The SMILES string of the molecule is CNc1cc(-c2cn(C3COC3)c3ncccc23)nc2c(C(=O)NC3CC[C@H]3F)cnn12. The number of fused-ring (bicyclic) bond motifs is 2. The Morgan fingerprint density at radius 2 is 2.16 bits per heavy atom. The van der Waals surface area contributed by atoms with E-state index >= 15 is 0 Å². The first-order valence-corrected chi connectivity index (χ1v) is 10.7. The fraction of sp³-hybridized carbons (Fsp3) is 0.364. The third-order valence-corrected chi connectivity index (χ3v) is 6.36. The smallest absolute Gasteiger partial charge is 0.257 e. The lowest BCUT2D eigenvalue weighted by atomic mass is 9.90. The number of carbonyl (C=O) groups excluding carboxylic acids is 1. The van der Waals surface area contributed by atoms with Gasteiger partial charge in [-0.15, -0.1) is 0 Å². The third-order valence-electron chi connectivity index (χ3n) is 6.36. The lowest BCUT2D eigenvalue weighted by Gasteiger charge is -2.30. The molecule has 2 atom stereocenters. The number of nitrogens with zero attached hydrogens (tertiary/aromatic N) is 5. The summed E-state index contributed by atoms with van der Waals surface area (Å²) in [6.45, 7) is 1.30. The van der Waals surface area contributed by atoms with Crippen LogP contribution >= 0.6 is 0 Å². The highest BCUT2D eigenvalue weighted by atomic mass is 19.1. The number of pyridine rings is 1. The maximum absolute atomic E-state index is 13.7. The van der Waals surface area contributed by atoms with E-state index in [1.807, 2.05) is 24.4 Å². The number of ether oxygens (including phenoxy) is 1. The van der Waals surface area contributed by atoms with Gasteiger partial charge in [0.25, 0.3) is 5.91 Å². The molecule has 2 N–H and O–H groups in total. The van der Waals surface area contributed by atoms with Gasteiger partial charge in [0.1, 0.15) is 23.2 Å². The summed E-state index contributed by atoms with van der Waals surface area (Å²) in [5.74, 6) is 0.322. The molecule has 0 aromatic carbocycles. The predicted octanol–water partition coefficient (Wildman–Crippen LogP) is 2.59. The number of hydrogen-bond acceptors (Lipinski definition) is 6. The van der Waals surface area contributed by atoms with E-state index in [-0.39, 0.29) is 11.9 Å². The second-order valence-electron chi connectivity index (χ2n) is 8.26. The monoisotopic (exact) mass is 435 g/mol. The molecule has 1 saturated heterocycles. The van der Waals surface area contributed by atoms with Crippen molar-refractivity contribution in [3.05, 3.63) is 42.4 Å². The second kappa shape index (κ2) is 7.27. The summed E-state index contributed by atoms with van der Waals surface area (Å²) in [5.41, 5.74) is 3.20. The Morgan fingerprint density at radius 3 is 2.84 bits per heavy atom. The minimum atomic E-state index is -0.994. The van der Waals surface area contributed by atoms with Crippen LogP contribution in [0.1, 0.15) is 29.2 Å². The molecule has 0 radical (unpaired) electrons. The van der Waals surface area contributed by atoms with Gasteiger partial charge in [-0.1, -0.05) is 0 Å². The average molecular weight is 435 g/mol. The van der Waals surface area contributed by atoms with Gasteiger partial charge in [0, 0.05) is 36.5 Å². The molecule has 4 aromatic heterocycles. The highest BCUT2D eigenvalue weighted by Gasteiger charge is 2.33. The van der Waals surface area contributed by atoms with Gasteiger partial charge in [-0.25, -0.2) is 14.4 Å². The minimum absolute atomic E-state index is 0.237. The van der Waals surface area contributed by atoms with E-state index in [1.54, 1.807) is 17.8 Å². The summed E-state index contributed by atoms with van der Waals surface area (Å²) < 4.78 is 22.8. The van der Waals surface area contributed by atoms with Crippen LogP contribution in [0.5, 0.6) is 0 Å². The van der Waals surface area contributed by atoms with Crippen molar-refractivity contribution in [2.24, 2.45) is 0 Å². The molecule has 1 aliphatic heterocycles. The molecule has 6 rings (SSSR count). The summed E-state index contributed by atoms with van der Waals surface area (Å²) >= 11 is 0. The molecule has 5 heterocycles. The number of alkyl halides is 1. The summed E-state index contributed by atoms with van der Waals surface area (Å²) in [7, 11) is 1.79. The number of rotatable bonds is 5. The fourth-order valence-corrected chi connectivity index (χ4v) is 4.26. The van der Waals surface area contributed by atoms with Crippen LogP contribution in [0.2, 0.25) is 0 Å². The zero-order chi connectivity index (χ0) is 21.8. The van der Waals surface area contributed by atoms with Crippen molar-refractivity contribution in [1.82, 2.24) is 29.5 Å². The third kappa shape index (κ3) is 2.86. The Labute approximate surface area is 182 Å². The van der Waals surface area contributed by atoms with Crippen LogP contribution in [0.25, 0.3) is 27.9 Å². The van der Waals surface area contributed by atoms with Crippen molar-refractivity contribution in [3.63, 3.8) is 0 Å². The summed E-state index contributed by atoms with van der Waals surface area (Å²) in [6, 6.07) is 5.60. The van der Waals surface area contributed by atoms with Crippen molar-refractivity contribution in [3.8, 4) is 11.3 Å². The second-order valence-corrected chi connectivity index (χ2v) is 8.26. The molecule has 2 fully saturated rings. The molecule has 1 unspecified atom stereocenters. The highest BCUT2D eigenvalue weighted by Crippen LogP contribution is 2.34. The zero-order valence-corrected chi connectivity index (χ0v) is 17.5. The van der Waals surface area contributed by atoms with E-state index in [0.717, 1.165) is 16.6 Å². The average Bonchev–Trinajstić information content (AvgIpc) is 3.37. The molecule has 10 heteroatoms. The molecule has 9 nitrogen and oxygen atoms in total. The Morgan fingerprint density at radius 1 is 1.28 bits per heavy atom. The van der Waals surface area contributed by atoms with Crippen molar-refractivity contribution >= 4 is 28.4 Å². The van der Waals surface area contributed by atoms with Crippen LogP contribution in [0.3, 0.4) is 0 Å². The molecular formula is C22H22FN7O2. The van der Waals surface area contributed by atoms with Gasteiger partial charge in [0.15, 0.2) is 5.65 Å². The fourth-order valence-electron chi connectivity index (χ4n) is 4.26. The maximum atomic E-state index is 13.7. The number of amides is 1. The molecule has 1 saturated carbocycles. The first-order valence-electron chi connectivity index (χ1n) is 10.7. The highest BCUT2D eigenvalue weighted by molar-refractivity contribution is 6.01. The van der Waals surface area contributed by atoms with Crippen LogP contribution in [0.4, 0.5) is 10.2 Å². The van der Waals surface area contributed by atoms with E-state index in [0.29, 0.717) is 48.8 Å². The molecule has 0 bridgehead atoms. The van der Waals surface area contributed by atoms with Crippen molar-refractivity contribution in [2.75, 3.05) is 25.6 Å². The van der Waals surface area contributed by atoms with Crippen molar-refractivity contribution in [1.29, 1.82) is 0 Å². The Kier molecular flexibility index (Phi) is 4.35. The van der Waals surface area contributed by atoms with Gasteiger partial charge in [-0.3, -0.25) is 4.79 Å². The first-order chi connectivity index (χ1) is 15.6. The van der Waals surface area contributed by atoms with Gasteiger partial charge < -0.3 is 19.9 Å². The van der Waals surface area contributed by atoms with E-state index < -0.39 is 12.2 Å². The molecular weight excluding hydrogens is 413 g/mol. The minimum Gasteiger partial charge on any atom is -0.377 e. The standard InChI is InChI=1S/C22H22FN7O2/c1-24-19-7-18(15-9-29(12-10-32-11-12)20-13(15)3-2-6-25-20)27-21-14(8-26-30(19)21)22(31)28-17-5-4-16(17)23/h2-3,6-9,12,16-17,24H,4-5,10-11H2,1H3,(H,28,31)/t16-,17?/m1/s1. The van der Waals surface area contributed by atoms with E-state index in [2.05, 4.69) is 25.3 Å². The summed E-state index contributed by atoms with van der Waals surface area (Å²) in [6.07, 6.45) is 5.42. The topological polar surface area (TPSA) is 98.4 Å². The number of carbonyl (C=O) groups is 1. The molecule has 1 amide bonds. The van der Waals surface area contributed by atoms with Crippen LogP contribution in [-0.2, 0) is 4.74 Å². The Hall–Kier alpha value is -3.53. The summed E-state index contributed by atoms with van der Waals surface area (Å²) in [5, 5.41) is 11.2. The maximum Gasteiger partial charge on any atom is 0.257 e. The lowest BCUT2D eigenvalue weighted by molar-refractivity contribution is -0.0215. The van der Waals surface area contributed by atoms with Gasteiger partial charge >= 0.3 is 0 Å². The predicted molar refractivity (Wildman–Crippen MR) is 117 cm³/mol. The van der Waals surface area contributed by atoms with Gasteiger partial charge in [-0.05, 0) is 25.0 Å². The Bertz CT molecular complexity index is 1340. The van der Waals surface area contributed by atoms with Gasteiger partial charge in [-0.2, -0.15) is 9.61 Å². The molecule has 4 aromatic rings. The lowest BCUT2D eigenvalue weighted by Crippen LogP contribution is -2.48. The number of aromatic nitrogens is 5. The molecule has 0 spiro atoms. The summed E-state index contributed by atoms with van der Waals surface area (Å²) in [4.78, 5) is 22.2. The van der Waals surface area contributed by atoms with E-state index in [9.17, 15) is 9.18 Å². The largest absolute Gasteiger partial charge is 0.377 e. The zero-order valence-electron chi connectivity index (χ0n) is 17.5. The van der Waals surface area contributed by atoms with Crippen LogP contribution < -0.4 is 10.6 Å². The van der Waals surface area contributed by atoms with E-state index in [4.69, 9.17) is 9.72 Å².